The quantitative estimate of drug-likeness (QED) is 0.215. The highest BCUT2D eigenvalue weighted by atomic mass is 35.5. The second-order valence-corrected chi connectivity index (χ2v) is 8.20. The van der Waals surface area contributed by atoms with E-state index in [1.807, 2.05) is 0 Å². The van der Waals surface area contributed by atoms with E-state index in [0.29, 0.717) is 16.4 Å². The van der Waals surface area contributed by atoms with Gasteiger partial charge in [-0.15, -0.1) is 0 Å². The molecular weight excluding hydrogens is 460 g/mol. The first kappa shape index (κ1) is 21.4. The lowest BCUT2D eigenvalue weighted by Gasteiger charge is -2.04. The van der Waals surface area contributed by atoms with E-state index in [1.165, 1.54) is 36.6 Å². The van der Waals surface area contributed by atoms with E-state index in [0.717, 1.165) is 22.4 Å². The molecule has 0 aliphatic carbocycles. The molecule has 2 heterocycles. The van der Waals surface area contributed by atoms with Crippen LogP contribution in [0.15, 0.2) is 49.3 Å². The molecular formula is C16H9ClN4O7S2. The summed E-state index contributed by atoms with van der Waals surface area (Å²) >= 11 is 7.22. The number of hydrogen-bond acceptors (Lipinski definition) is 10. The van der Waals surface area contributed by atoms with E-state index in [9.17, 15) is 29.8 Å². The summed E-state index contributed by atoms with van der Waals surface area (Å²) in [5.41, 5.74) is -0.0452. The van der Waals surface area contributed by atoms with Crippen molar-refractivity contribution >= 4 is 56.9 Å². The summed E-state index contributed by atoms with van der Waals surface area (Å²) in [6.45, 7) is 1.46. The molecule has 30 heavy (non-hydrogen) atoms. The number of ketones is 1. The van der Waals surface area contributed by atoms with Gasteiger partial charge in [0.2, 0.25) is 11.6 Å². The molecule has 0 radical (unpaired) electrons. The van der Waals surface area contributed by atoms with Crippen molar-refractivity contribution in [2.45, 2.75) is 11.1 Å². The highest BCUT2D eigenvalue weighted by Gasteiger charge is 2.26. The monoisotopic (exact) mass is 468 g/mol. The van der Waals surface area contributed by atoms with E-state index < -0.39 is 32.1 Å². The van der Waals surface area contributed by atoms with Gasteiger partial charge in [0, 0.05) is 16.3 Å². The molecule has 1 aromatic carbocycles. The lowest BCUT2D eigenvalue weighted by atomic mass is 10.1. The Morgan fingerprint density at radius 2 is 1.93 bits per heavy atom. The van der Waals surface area contributed by atoms with Gasteiger partial charge >= 0.3 is 16.4 Å². The second-order valence-electron chi connectivity index (χ2n) is 5.59. The fourth-order valence-electron chi connectivity index (χ4n) is 2.28. The number of halogens is 1. The van der Waals surface area contributed by atoms with Crippen LogP contribution in [-0.2, 0) is 0 Å². The maximum absolute atomic E-state index is 12.7. The Bertz CT molecular complexity index is 1240. The van der Waals surface area contributed by atoms with Crippen LogP contribution in [0.25, 0.3) is 5.70 Å². The maximum Gasteiger partial charge on any atom is 0.446 e. The minimum Gasteiger partial charge on any atom is -0.295 e. The summed E-state index contributed by atoms with van der Waals surface area (Å²) in [4.78, 5) is 45.3. The number of aromatic nitrogens is 2. The van der Waals surface area contributed by atoms with Crippen molar-refractivity contribution in [3.8, 4) is 0 Å². The first-order chi connectivity index (χ1) is 14.2. The molecule has 0 unspecified atom stereocenters. The molecule has 0 saturated carbocycles. The minimum atomic E-state index is -0.937. The number of carbonyl (C=O) groups excluding carboxylic acids is 1. The van der Waals surface area contributed by atoms with Gasteiger partial charge in [-0.1, -0.05) is 28.5 Å². The molecule has 0 bridgehead atoms. The lowest BCUT2D eigenvalue weighted by molar-refractivity contribution is -0.391. The van der Waals surface area contributed by atoms with E-state index in [2.05, 4.69) is 9.68 Å². The number of rotatable bonds is 7. The number of nitro groups is 2. The molecule has 14 heteroatoms. The van der Waals surface area contributed by atoms with Crippen LogP contribution in [-0.4, -0.2) is 25.4 Å². The summed E-state index contributed by atoms with van der Waals surface area (Å²) in [5, 5.41) is 26.9. The van der Waals surface area contributed by atoms with E-state index in [4.69, 9.17) is 11.6 Å². The fourth-order valence-corrected chi connectivity index (χ4v) is 4.31. The van der Waals surface area contributed by atoms with Gasteiger partial charge in [-0.25, -0.2) is 9.36 Å². The first-order valence-corrected chi connectivity index (χ1v) is 9.92. The highest BCUT2D eigenvalue weighted by Crippen LogP contribution is 2.42. The fraction of sp³-hybridized carbons (Fsp3) is 0.0625. The Hall–Kier alpha value is -3.29. The van der Waals surface area contributed by atoms with Crippen LogP contribution in [0.2, 0.25) is 5.02 Å². The van der Waals surface area contributed by atoms with Gasteiger partial charge in [-0.2, -0.15) is 0 Å². The molecule has 0 saturated heterocycles. The summed E-state index contributed by atoms with van der Waals surface area (Å²) in [5.74, 6) is -1.84. The molecule has 0 N–H and O–H groups in total. The van der Waals surface area contributed by atoms with E-state index in [1.54, 1.807) is 0 Å². The number of carbonyl (C=O) groups is 1. The highest BCUT2D eigenvalue weighted by molar-refractivity contribution is 8.04. The molecule has 0 atom stereocenters. The Balaban J connectivity index is 1.95. The third kappa shape index (κ3) is 4.32. The molecule has 0 amide bonds. The zero-order valence-corrected chi connectivity index (χ0v) is 17.2. The van der Waals surface area contributed by atoms with E-state index >= 15 is 0 Å². The number of thioether (sulfide) groups is 1. The largest absolute Gasteiger partial charge is 0.446 e. The Kier molecular flexibility index (Phi) is 6.14. The lowest BCUT2D eigenvalue weighted by Crippen LogP contribution is -2.18. The molecule has 154 valence electrons. The van der Waals surface area contributed by atoms with Crippen molar-refractivity contribution in [2.75, 3.05) is 0 Å². The van der Waals surface area contributed by atoms with Crippen molar-refractivity contribution in [3.05, 3.63) is 82.9 Å². The smallest absolute Gasteiger partial charge is 0.295 e. The van der Waals surface area contributed by atoms with Crippen LogP contribution >= 0.6 is 34.7 Å². The van der Waals surface area contributed by atoms with Crippen molar-refractivity contribution in [1.29, 1.82) is 0 Å². The Labute approximate surface area is 179 Å². The molecule has 0 spiro atoms. The number of hydrogen-bond donors (Lipinski definition) is 0. The SMILES string of the molecule is C/C(=C/Sc1sc([N+](=O)[O-])cc1[N+](=O)[O-])n1c(C(=O)c2ccc(Cl)cc2)noc1=O. The number of allylic oxidation sites excluding steroid dienone is 1. The third-order valence-electron chi connectivity index (χ3n) is 3.65. The predicted molar refractivity (Wildman–Crippen MR) is 109 cm³/mol. The molecule has 0 aliphatic heterocycles. The third-order valence-corrected chi connectivity index (χ3v) is 6.19. The normalized spacial score (nSPS) is 11.5. The van der Waals surface area contributed by atoms with Gasteiger partial charge in [-0.05, 0) is 47.9 Å². The van der Waals surface area contributed by atoms with Crippen LogP contribution in [0.3, 0.4) is 0 Å². The van der Waals surface area contributed by atoms with Gasteiger partial charge in [0.05, 0.1) is 9.85 Å². The van der Waals surface area contributed by atoms with Gasteiger partial charge in [0.15, 0.2) is 0 Å². The number of nitrogens with zero attached hydrogens (tertiary/aromatic N) is 4. The first-order valence-electron chi connectivity index (χ1n) is 7.84. The van der Waals surface area contributed by atoms with Crippen LogP contribution in [0, 0.1) is 20.2 Å². The zero-order chi connectivity index (χ0) is 22.0. The van der Waals surface area contributed by atoms with Crippen molar-refractivity contribution in [1.82, 2.24) is 9.72 Å². The molecule has 2 aromatic heterocycles. The summed E-state index contributed by atoms with van der Waals surface area (Å²) in [7, 11) is 0. The predicted octanol–water partition coefficient (Wildman–Crippen LogP) is 4.21. The van der Waals surface area contributed by atoms with Crippen LogP contribution in [0.1, 0.15) is 23.1 Å². The van der Waals surface area contributed by atoms with Gasteiger partial charge in [0.1, 0.15) is 10.3 Å². The maximum atomic E-state index is 12.7. The summed E-state index contributed by atoms with van der Waals surface area (Å²) < 4.78 is 5.54. The molecule has 11 nitrogen and oxygen atoms in total. The average Bonchev–Trinajstić information content (AvgIpc) is 3.30. The summed E-state index contributed by atoms with van der Waals surface area (Å²) in [6.07, 6.45) is 0. The van der Waals surface area contributed by atoms with Crippen molar-refractivity contribution in [3.63, 3.8) is 0 Å². The molecule has 3 rings (SSSR count). The molecule has 3 aromatic rings. The Morgan fingerprint density at radius 3 is 2.53 bits per heavy atom. The van der Waals surface area contributed by atoms with Gasteiger partial charge in [-0.3, -0.25) is 29.5 Å². The summed E-state index contributed by atoms with van der Waals surface area (Å²) in [6, 6.07) is 6.76. The van der Waals surface area contributed by atoms with E-state index in [-0.39, 0.29) is 21.3 Å². The topological polar surface area (TPSA) is 151 Å². The van der Waals surface area contributed by atoms with Crippen LogP contribution in [0.5, 0.6) is 0 Å². The average molecular weight is 469 g/mol. The minimum absolute atomic E-state index is 0.0427. The van der Waals surface area contributed by atoms with Crippen LogP contribution < -0.4 is 5.76 Å². The molecule has 0 fully saturated rings. The standard InChI is InChI=1S/C16H9ClN4O7S2/c1-8(7-29-15-11(20(24)25)6-12(30-15)21(26)27)19-14(18-28-16(19)23)13(22)9-2-4-10(17)5-3-9/h2-7H,1H3/b8-7-. The second kappa shape index (κ2) is 8.61. The molecule has 0 aliphatic rings. The van der Waals surface area contributed by atoms with Gasteiger partial charge in [0.25, 0.3) is 0 Å². The van der Waals surface area contributed by atoms with Crippen molar-refractivity contribution in [2.24, 2.45) is 0 Å². The van der Waals surface area contributed by atoms with Gasteiger partial charge < -0.3 is 0 Å². The zero-order valence-electron chi connectivity index (χ0n) is 14.8. The Morgan fingerprint density at radius 1 is 1.27 bits per heavy atom. The van der Waals surface area contributed by atoms with Crippen LogP contribution in [0.4, 0.5) is 10.7 Å². The van der Waals surface area contributed by atoms with Crippen molar-refractivity contribution < 1.29 is 19.2 Å². The number of benzene rings is 1. The number of thiophene rings is 1.